The lowest BCUT2D eigenvalue weighted by atomic mass is 10.0. The molecular weight excluding hydrogens is 220 g/mol. The van der Waals surface area contributed by atoms with Crippen LogP contribution in [0, 0.1) is 6.92 Å². The normalized spacial score (nSPS) is 10.4. The van der Waals surface area contributed by atoms with Crippen LogP contribution in [0.1, 0.15) is 16.7 Å². The summed E-state index contributed by atoms with van der Waals surface area (Å²) in [6.07, 6.45) is 0.727. The van der Waals surface area contributed by atoms with E-state index in [4.69, 9.17) is 11.6 Å². The molecule has 2 rings (SSSR count). The molecule has 2 heteroatoms. The van der Waals surface area contributed by atoms with Crippen LogP contribution in [0.15, 0.2) is 42.5 Å². The van der Waals surface area contributed by atoms with Crippen LogP contribution < -0.4 is 0 Å². The van der Waals surface area contributed by atoms with Crippen LogP contribution in [0.25, 0.3) is 0 Å². The molecule has 1 nitrogen and oxygen atoms in total. The lowest BCUT2D eigenvalue weighted by molar-refractivity contribution is 0.469. The van der Waals surface area contributed by atoms with E-state index in [2.05, 4.69) is 0 Å². The summed E-state index contributed by atoms with van der Waals surface area (Å²) < 4.78 is 0. The lowest BCUT2D eigenvalue weighted by Gasteiger charge is -2.06. The second-order valence-corrected chi connectivity index (χ2v) is 4.37. The highest BCUT2D eigenvalue weighted by molar-refractivity contribution is 6.30. The number of benzene rings is 2. The molecule has 2 aromatic rings. The number of phenols is 1. The highest BCUT2D eigenvalue weighted by Gasteiger charge is 2.02. The van der Waals surface area contributed by atoms with E-state index in [1.54, 1.807) is 6.07 Å². The zero-order valence-electron chi connectivity index (χ0n) is 9.07. The fourth-order valence-electron chi connectivity index (χ4n) is 1.68. The topological polar surface area (TPSA) is 20.2 Å². The monoisotopic (exact) mass is 232 g/mol. The number of phenolic OH excluding ortho intramolecular Hbond substituents is 1. The van der Waals surface area contributed by atoms with Gasteiger partial charge in [-0.15, -0.1) is 0 Å². The molecule has 0 aliphatic rings. The van der Waals surface area contributed by atoms with Gasteiger partial charge in [0.05, 0.1) is 0 Å². The van der Waals surface area contributed by atoms with Crippen LogP contribution in [0.2, 0.25) is 5.02 Å². The first-order valence-corrected chi connectivity index (χ1v) is 5.56. The van der Waals surface area contributed by atoms with Gasteiger partial charge in [0.25, 0.3) is 0 Å². The first kappa shape index (κ1) is 11.0. The molecule has 0 unspecified atom stereocenters. The minimum Gasteiger partial charge on any atom is -0.508 e. The van der Waals surface area contributed by atoms with Gasteiger partial charge in [-0.2, -0.15) is 0 Å². The summed E-state index contributed by atoms with van der Waals surface area (Å²) in [7, 11) is 0. The van der Waals surface area contributed by atoms with Crippen LogP contribution in [0.3, 0.4) is 0 Å². The number of hydrogen-bond acceptors (Lipinski definition) is 1. The zero-order chi connectivity index (χ0) is 11.5. The molecule has 0 spiro atoms. The molecule has 0 saturated heterocycles. The molecule has 16 heavy (non-hydrogen) atoms. The van der Waals surface area contributed by atoms with E-state index in [1.165, 1.54) is 0 Å². The number of aromatic hydroxyl groups is 1. The molecule has 0 saturated carbocycles. The Hall–Kier alpha value is -1.47. The maximum Gasteiger partial charge on any atom is 0.119 e. The Kier molecular flexibility index (Phi) is 3.16. The molecule has 0 radical (unpaired) electrons. The van der Waals surface area contributed by atoms with E-state index >= 15 is 0 Å². The predicted octanol–water partition coefficient (Wildman–Crippen LogP) is 3.94. The standard InChI is InChI=1S/C14H13ClO/c1-10-2-7-14(16)12(8-10)9-11-3-5-13(15)6-4-11/h2-8,16H,9H2,1H3. The van der Waals surface area contributed by atoms with Crippen LogP contribution in [-0.2, 0) is 6.42 Å². The zero-order valence-corrected chi connectivity index (χ0v) is 9.83. The van der Waals surface area contributed by atoms with E-state index in [1.807, 2.05) is 43.3 Å². The van der Waals surface area contributed by atoms with Gasteiger partial charge in [0.1, 0.15) is 5.75 Å². The van der Waals surface area contributed by atoms with Gasteiger partial charge in [0.15, 0.2) is 0 Å². The van der Waals surface area contributed by atoms with Gasteiger partial charge in [0, 0.05) is 11.4 Å². The van der Waals surface area contributed by atoms with Crippen molar-refractivity contribution in [1.29, 1.82) is 0 Å². The van der Waals surface area contributed by atoms with Crippen LogP contribution >= 0.6 is 11.6 Å². The van der Waals surface area contributed by atoms with Crippen molar-refractivity contribution in [3.05, 3.63) is 64.2 Å². The highest BCUT2D eigenvalue weighted by atomic mass is 35.5. The van der Waals surface area contributed by atoms with Crippen molar-refractivity contribution in [2.45, 2.75) is 13.3 Å². The molecule has 0 aliphatic heterocycles. The highest BCUT2D eigenvalue weighted by Crippen LogP contribution is 2.22. The minimum atomic E-state index is 0.348. The molecule has 0 aliphatic carbocycles. The Morgan fingerprint density at radius 2 is 1.75 bits per heavy atom. The summed E-state index contributed by atoms with van der Waals surface area (Å²) in [5, 5.41) is 10.5. The van der Waals surface area contributed by atoms with Crippen molar-refractivity contribution in [3.63, 3.8) is 0 Å². The van der Waals surface area contributed by atoms with Gasteiger partial charge < -0.3 is 5.11 Å². The van der Waals surface area contributed by atoms with Crippen LogP contribution in [-0.4, -0.2) is 5.11 Å². The molecule has 0 aromatic heterocycles. The fourth-order valence-corrected chi connectivity index (χ4v) is 1.80. The molecule has 1 N–H and O–H groups in total. The number of aryl methyl sites for hydroxylation is 1. The van der Waals surface area contributed by atoms with E-state index in [0.717, 1.165) is 28.1 Å². The third kappa shape index (κ3) is 2.56. The summed E-state index contributed by atoms with van der Waals surface area (Å²) >= 11 is 5.82. The average molecular weight is 233 g/mol. The molecule has 0 fully saturated rings. The Labute approximate surface area is 100 Å². The first-order valence-electron chi connectivity index (χ1n) is 5.18. The van der Waals surface area contributed by atoms with Gasteiger partial charge in [-0.3, -0.25) is 0 Å². The van der Waals surface area contributed by atoms with Gasteiger partial charge in [-0.1, -0.05) is 41.4 Å². The third-order valence-electron chi connectivity index (χ3n) is 2.54. The van der Waals surface area contributed by atoms with E-state index in [9.17, 15) is 5.11 Å². The molecule has 2 aromatic carbocycles. The Bertz CT molecular complexity index is 489. The maximum atomic E-state index is 9.72. The largest absolute Gasteiger partial charge is 0.508 e. The summed E-state index contributed by atoms with van der Waals surface area (Å²) in [6.45, 7) is 2.02. The van der Waals surface area contributed by atoms with Crippen LogP contribution in [0.5, 0.6) is 5.75 Å². The summed E-state index contributed by atoms with van der Waals surface area (Å²) in [5.41, 5.74) is 3.24. The van der Waals surface area contributed by atoms with Gasteiger partial charge in [0.2, 0.25) is 0 Å². The average Bonchev–Trinajstić information content (AvgIpc) is 2.27. The third-order valence-corrected chi connectivity index (χ3v) is 2.79. The van der Waals surface area contributed by atoms with Gasteiger partial charge in [-0.05, 0) is 36.2 Å². The van der Waals surface area contributed by atoms with Crippen molar-refractivity contribution in [3.8, 4) is 5.75 Å². The Morgan fingerprint density at radius 3 is 2.44 bits per heavy atom. The number of hydrogen-bond donors (Lipinski definition) is 1. The van der Waals surface area contributed by atoms with Crippen molar-refractivity contribution < 1.29 is 5.11 Å². The minimum absolute atomic E-state index is 0.348. The lowest BCUT2D eigenvalue weighted by Crippen LogP contribution is -1.89. The molecule has 82 valence electrons. The molecular formula is C14H13ClO. The van der Waals surface area contributed by atoms with E-state index in [0.29, 0.717) is 5.75 Å². The molecule has 0 heterocycles. The van der Waals surface area contributed by atoms with Crippen molar-refractivity contribution in [2.24, 2.45) is 0 Å². The van der Waals surface area contributed by atoms with Gasteiger partial charge in [-0.25, -0.2) is 0 Å². The van der Waals surface area contributed by atoms with Crippen molar-refractivity contribution in [1.82, 2.24) is 0 Å². The summed E-state index contributed by atoms with van der Waals surface area (Å²) in [4.78, 5) is 0. The maximum absolute atomic E-state index is 9.72. The second kappa shape index (κ2) is 4.58. The summed E-state index contributed by atoms with van der Waals surface area (Å²) in [6, 6.07) is 13.3. The summed E-state index contributed by atoms with van der Waals surface area (Å²) in [5.74, 6) is 0.348. The van der Waals surface area contributed by atoms with E-state index < -0.39 is 0 Å². The van der Waals surface area contributed by atoms with E-state index in [-0.39, 0.29) is 0 Å². The van der Waals surface area contributed by atoms with Crippen molar-refractivity contribution in [2.75, 3.05) is 0 Å². The fraction of sp³-hybridized carbons (Fsp3) is 0.143. The molecule has 0 atom stereocenters. The number of halogens is 1. The van der Waals surface area contributed by atoms with Gasteiger partial charge >= 0.3 is 0 Å². The van der Waals surface area contributed by atoms with Crippen LogP contribution in [0.4, 0.5) is 0 Å². The smallest absolute Gasteiger partial charge is 0.119 e. The SMILES string of the molecule is Cc1ccc(O)c(Cc2ccc(Cl)cc2)c1. The second-order valence-electron chi connectivity index (χ2n) is 3.94. The Balaban J connectivity index is 2.26. The molecule has 0 bridgehead atoms. The quantitative estimate of drug-likeness (QED) is 0.832. The first-order chi connectivity index (χ1) is 7.65. The number of rotatable bonds is 2. The predicted molar refractivity (Wildman–Crippen MR) is 67.1 cm³/mol. The molecule has 0 amide bonds. The Morgan fingerprint density at radius 1 is 1.06 bits per heavy atom. The van der Waals surface area contributed by atoms with Crippen molar-refractivity contribution >= 4 is 11.6 Å².